The minimum atomic E-state index is -0.137. The van der Waals surface area contributed by atoms with Gasteiger partial charge in [-0.05, 0) is 54.8 Å². The molecule has 2 fully saturated rings. The van der Waals surface area contributed by atoms with Gasteiger partial charge in [0.15, 0.2) is 0 Å². The van der Waals surface area contributed by atoms with Crippen LogP contribution in [-0.4, -0.2) is 53.5 Å². The number of para-hydroxylation sites is 1. The number of amides is 1. The second-order valence-corrected chi connectivity index (χ2v) is 9.49. The number of piperazine rings is 1. The molecule has 36 heavy (non-hydrogen) atoms. The summed E-state index contributed by atoms with van der Waals surface area (Å²) in [6.45, 7) is 3.44. The zero-order valence-electron chi connectivity index (χ0n) is 20.1. The Bertz CT molecular complexity index is 1430. The van der Waals surface area contributed by atoms with Gasteiger partial charge in [0.1, 0.15) is 0 Å². The maximum Gasteiger partial charge on any atom is 0.260 e. The van der Waals surface area contributed by atoms with Crippen LogP contribution in [-0.2, 0) is 0 Å². The number of fused-ring (bicyclic) bond motifs is 1. The second-order valence-electron chi connectivity index (χ2n) is 9.49. The van der Waals surface area contributed by atoms with Crippen molar-refractivity contribution in [1.29, 1.82) is 0 Å². The van der Waals surface area contributed by atoms with Gasteiger partial charge in [-0.25, -0.2) is 4.98 Å². The molecule has 2 aliphatic rings. The molecule has 182 valence electrons. The van der Waals surface area contributed by atoms with Gasteiger partial charge in [0.2, 0.25) is 5.95 Å². The van der Waals surface area contributed by atoms with Crippen molar-refractivity contribution >= 4 is 28.4 Å². The van der Waals surface area contributed by atoms with Crippen molar-refractivity contribution in [3.05, 3.63) is 100 Å². The minimum absolute atomic E-state index is 0.0437. The number of carbonyl (C=O) groups is 1. The van der Waals surface area contributed by atoms with E-state index in [2.05, 4.69) is 57.3 Å². The zero-order chi connectivity index (χ0) is 24.5. The molecule has 3 heterocycles. The van der Waals surface area contributed by atoms with Crippen LogP contribution in [0.1, 0.15) is 34.8 Å². The van der Waals surface area contributed by atoms with Crippen LogP contribution in [0.5, 0.6) is 0 Å². The Balaban J connectivity index is 1.12. The molecule has 1 aromatic heterocycles. The molecule has 4 aromatic rings. The Labute approximate surface area is 210 Å². The van der Waals surface area contributed by atoms with Crippen molar-refractivity contribution in [2.75, 3.05) is 42.5 Å². The van der Waals surface area contributed by atoms with Gasteiger partial charge in [-0.15, -0.1) is 0 Å². The Hall–Kier alpha value is -4.13. The lowest BCUT2D eigenvalue weighted by Crippen LogP contribution is -2.49. The number of aromatic amines is 1. The molecule has 6 rings (SSSR count). The topological polar surface area (TPSA) is 72.5 Å². The molecule has 0 aliphatic carbocycles. The highest BCUT2D eigenvalue weighted by molar-refractivity contribution is 5.94. The molecule has 0 spiro atoms. The maximum absolute atomic E-state index is 13.2. The van der Waals surface area contributed by atoms with Crippen LogP contribution in [0.4, 0.5) is 11.6 Å². The van der Waals surface area contributed by atoms with E-state index in [4.69, 9.17) is 0 Å². The predicted molar refractivity (Wildman–Crippen MR) is 143 cm³/mol. The number of nitrogens with zero attached hydrogens (tertiary/aromatic N) is 4. The standard InChI is InChI=1S/C29H29N5O2/c35-27-24-9-4-5-10-25(24)30-29(31-27)33-19-17-32(18-20-33)28(36)22-12-14-23(15-13-22)34-16-6-11-26(34)21-7-2-1-3-8-21/h1-5,7-10,12-15,26H,6,11,16-20H2,(H,30,31,35). The number of hydrogen-bond acceptors (Lipinski definition) is 5. The van der Waals surface area contributed by atoms with E-state index in [1.165, 1.54) is 12.0 Å². The van der Waals surface area contributed by atoms with E-state index in [1.54, 1.807) is 6.07 Å². The number of benzene rings is 3. The fourth-order valence-corrected chi connectivity index (χ4v) is 5.42. The van der Waals surface area contributed by atoms with Crippen LogP contribution in [0.3, 0.4) is 0 Å². The first-order valence-electron chi connectivity index (χ1n) is 12.6. The van der Waals surface area contributed by atoms with Gasteiger partial charge in [-0.1, -0.05) is 42.5 Å². The van der Waals surface area contributed by atoms with Crippen LogP contribution in [0.25, 0.3) is 10.9 Å². The number of H-pyrrole nitrogens is 1. The van der Waals surface area contributed by atoms with Gasteiger partial charge in [-0.3, -0.25) is 14.6 Å². The lowest BCUT2D eigenvalue weighted by atomic mass is 10.0. The van der Waals surface area contributed by atoms with Gasteiger partial charge >= 0.3 is 0 Å². The number of anilines is 2. The van der Waals surface area contributed by atoms with E-state index >= 15 is 0 Å². The van der Waals surface area contributed by atoms with Crippen LogP contribution >= 0.6 is 0 Å². The first-order valence-corrected chi connectivity index (χ1v) is 12.6. The molecule has 1 unspecified atom stereocenters. The summed E-state index contributed by atoms with van der Waals surface area (Å²) in [5, 5.41) is 0.586. The fourth-order valence-electron chi connectivity index (χ4n) is 5.42. The Morgan fingerprint density at radius 3 is 2.33 bits per heavy atom. The minimum Gasteiger partial charge on any atom is -0.364 e. The van der Waals surface area contributed by atoms with Crippen molar-refractivity contribution in [2.45, 2.75) is 18.9 Å². The molecule has 1 atom stereocenters. The molecule has 0 radical (unpaired) electrons. The Morgan fingerprint density at radius 1 is 0.833 bits per heavy atom. The lowest BCUT2D eigenvalue weighted by Gasteiger charge is -2.35. The van der Waals surface area contributed by atoms with E-state index in [0.717, 1.165) is 18.7 Å². The smallest absolute Gasteiger partial charge is 0.260 e. The molecule has 7 nitrogen and oxygen atoms in total. The van der Waals surface area contributed by atoms with Gasteiger partial charge in [0, 0.05) is 44.0 Å². The third kappa shape index (κ3) is 4.21. The summed E-state index contributed by atoms with van der Waals surface area (Å²) in [5.41, 5.74) is 3.76. The fraction of sp³-hybridized carbons (Fsp3) is 0.276. The quantitative estimate of drug-likeness (QED) is 0.474. The summed E-state index contributed by atoms with van der Waals surface area (Å²) in [6, 6.07) is 26.4. The number of carbonyl (C=O) groups excluding carboxylic acids is 1. The number of aromatic nitrogens is 2. The zero-order valence-corrected chi connectivity index (χ0v) is 20.1. The summed E-state index contributed by atoms with van der Waals surface area (Å²) in [7, 11) is 0. The molecular weight excluding hydrogens is 450 g/mol. The van der Waals surface area contributed by atoms with E-state index in [-0.39, 0.29) is 11.5 Å². The van der Waals surface area contributed by atoms with Crippen LogP contribution in [0, 0.1) is 0 Å². The van der Waals surface area contributed by atoms with E-state index < -0.39 is 0 Å². The highest BCUT2D eigenvalue weighted by Crippen LogP contribution is 2.36. The van der Waals surface area contributed by atoms with Crippen molar-refractivity contribution in [3.63, 3.8) is 0 Å². The average Bonchev–Trinajstić information content (AvgIpc) is 3.43. The number of nitrogens with one attached hydrogen (secondary N) is 1. The van der Waals surface area contributed by atoms with E-state index in [9.17, 15) is 9.59 Å². The molecule has 1 N–H and O–H groups in total. The number of hydrogen-bond donors (Lipinski definition) is 1. The molecular formula is C29H29N5O2. The third-order valence-electron chi connectivity index (χ3n) is 7.35. The summed E-state index contributed by atoms with van der Waals surface area (Å²) < 4.78 is 0. The Kier molecular flexibility index (Phi) is 5.89. The number of rotatable bonds is 4. The van der Waals surface area contributed by atoms with Gasteiger partial charge < -0.3 is 14.7 Å². The van der Waals surface area contributed by atoms with Crippen LogP contribution in [0.15, 0.2) is 83.7 Å². The lowest BCUT2D eigenvalue weighted by molar-refractivity contribution is 0.0746. The molecule has 1 amide bonds. The van der Waals surface area contributed by atoms with Gasteiger partial charge in [0.05, 0.1) is 16.9 Å². The molecule has 0 saturated carbocycles. The molecule has 3 aromatic carbocycles. The van der Waals surface area contributed by atoms with Crippen LogP contribution < -0.4 is 15.4 Å². The van der Waals surface area contributed by atoms with Crippen molar-refractivity contribution < 1.29 is 4.79 Å². The SMILES string of the molecule is O=C(c1ccc(N2CCCC2c2ccccc2)cc1)N1CCN(c2nc3ccccc3c(=O)[nH]2)CC1. The van der Waals surface area contributed by atoms with Gasteiger partial charge in [-0.2, -0.15) is 0 Å². The maximum atomic E-state index is 13.2. The largest absolute Gasteiger partial charge is 0.364 e. The van der Waals surface area contributed by atoms with Crippen molar-refractivity contribution in [3.8, 4) is 0 Å². The first-order chi connectivity index (χ1) is 17.7. The van der Waals surface area contributed by atoms with Crippen LogP contribution in [0.2, 0.25) is 0 Å². The highest BCUT2D eigenvalue weighted by Gasteiger charge is 2.27. The van der Waals surface area contributed by atoms with Crippen molar-refractivity contribution in [2.24, 2.45) is 0 Å². The third-order valence-corrected chi connectivity index (χ3v) is 7.35. The average molecular weight is 480 g/mol. The van der Waals surface area contributed by atoms with Gasteiger partial charge in [0.25, 0.3) is 11.5 Å². The van der Waals surface area contributed by atoms with E-state index in [0.29, 0.717) is 54.6 Å². The predicted octanol–water partition coefficient (Wildman–Crippen LogP) is 4.23. The molecule has 2 aliphatic heterocycles. The summed E-state index contributed by atoms with van der Waals surface area (Å²) in [5.74, 6) is 0.607. The summed E-state index contributed by atoms with van der Waals surface area (Å²) >= 11 is 0. The summed E-state index contributed by atoms with van der Waals surface area (Å²) in [6.07, 6.45) is 2.31. The summed E-state index contributed by atoms with van der Waals surface area (Å²) in [4.78, 5) is 39.5. The molecule has 2 saturated heterocycles. The van der Waals surface area contributed by atoms with Crippen molar-refractivity contribution in [1.82, 2.24) is 14.9 Å². The monoisotopic (exact) mass is 479 g/mol. The molecule has 7 heteroatoms. The second kappa shape index (κ2) is 9.49. The molecule has 0 bridgehead atoms. The first kappa shape index (κ1) is 22.3. The highest BCUT2D eigenvalue weighted by atomic mass is 16.2. The van der Waals surface area contributed by atoms with E-state index in [1.807, 2.05) is 40.1 Å². The normalized spacial score (nSPS) is 18.1. The Morgan fingerprint density at radius 2 is 1.56 bits per heavy atom.